The van der Waals surface area contributed by atoms with Gasteiger partial charge in [-0.15, -0.1) is 0 Å². The van der Waals surface area contributed by atoms with Gasteiger partial charge < -0.3 is 14.5 Å². The number of ether oxygens (including phenoxy) is 1. The average Bonchev–Trinajstić information content (AvgIpc) is 3.07. The Morgan fingerprint density at radius 3 is 2.54 bits per heavy atom. The van der Waals surface area contributed by atoms with E-state index in [9.17, 15) is 4.79 Å². The van der Waals surface area contributed by atoms with Crippen LogP contribution in [0, 0.1) is 0 Å². The molecule has 0 radical (unpaired) electrons. The number of rotatable bonds is 10. The predicted molar refractivity (Wildman–Crippen MR) is 117 cm³/mol. The number of unbranched alkanes of at least 4 members (excludes halogenated alkanes) is 3. The largest absolute Gasteiger partial charge is 0.450 e. The summed E-state index contributed by atoms with van der Waals surface area (Å²) < 4.78 is 6.66. The Morgan fingerprint density at radius 2 is 1.86 bits per heavy atom. The van der Waals surface area contributed by atoms with E-state index >= 15 is 0 Å². The number of carbonyl (C=O) groups is 1. The summed E-state index contributed by atoms with van der Waals surface area (Å²) in [6, 6.07) is 8.13. The molecule has 1 saturated heterocycles. The fourth-order valence-electron chi connectivity index (χ4n) is 3.97. The molecular weight excluding hydrogens is 348 g/mol. The summed E-state index contributed by atoms with van der Waals surface area (Å²) in [6.45, 7) is 14.4. The smallest absolute Gasteiger partial charge is 0.407 e. The molecule has 1 amide bonds. The van der Waals surface area contributed by atoms with E-state index in [4.69, 9.17) is 4.74 Å². The van der Waals surface area contributed by atoms with Gasteiger partial charge in [-0.25, -0.2) is 4.79 Å². The quantitative estimate of drug-likeness (QED) is 0.426. The fourth-order valence-corrected chi connectivity index (χ4v) is 3.97. The highest BCUT2D eigenvalue weighted by molar-refractivity contribution is 5.69. The molecule has 1 aliphatic heterocycles. The molecule has 28 heavy (non-hydrogen) atoms. The molecule has 1 N–H and O–H groups in total. The zero-order valence-electron chi connectivity index (χ0n) is 18.4. The first-order valence-electron chi connectivity index (χ1n) is 10.8. The van der Waals surface area contributed by atoms with Crippen molar-refractivity contribution in [2.24, 2.45) is 0 Å². The number of likely N-dealkylation sites (tertiary alicyclic amines) is 1. The minimum Gasteiger partial charge on any atom is -0.450 e. The molecule has 1 aromatic carbocycles. The lowest BCUT2D eigenvalue weighted by molar-refractivity contribution is -0.897. The third-order valence-electron chi connectivity index (χ3n) is 5.96. The van der Waals surface area contributed by atoms with Crippen LogP contribution >= 0.6 is 0 Å². The van der Waals surface area contributed by atoms with Crippen LogP contribution in [0.5, 0.6) is 0 Å². The van der Waals surface area contributed by atoms with E-state index < -0.39 is 5.54 Å². The molecule has 0 saturated carbocycles. The van der Waals surface area contributed by atoms with Gasteiger partial charge in [0.15, 0.2) is 0 Å². The lowest BCUT2D eigenvalue weighted by atomic mass is 9.92. The number of benzene rings is 1. The topological polar surface area (TPSA) is 38.3 Å². The maximum absolute atomic E-state index is 12.2. The standard InChI is InChI=1S/C24H38N2O2/c1-20(2)21-13-12-14-22(19-21)24(3,4)25-23(27)28-18-11-7-6-8-15-26(5)16-9-10-17-26/h12-14,19H,1,6-11,15-18H2,2-5H3/p+1. The zero-order chi connectivity index (χ0) is 20.6. The number of hydrogen-bond acceptors (Lipinski definition) is 2. The molecule has 4 heteroatoms. The second kappa shape index (κ2) is 10.1. The van der Waals surface area contributed by atoms with Crippen LogP contribution in [0.4, 0.5) is 4.79 Å². The third kappa shape index (κ3) is 6.97. The molecule has 0 atom stereocenters. The third-order valence-corrected chi connectivity index (χ3v) is 5.96. The second-order valence-corrected chi connectivity index (χ2v) is 9.16. The Morgan fingerprint density at radius 1 is 1.18 bits per heavy atom. The van der Waals surface area contributed by atoms with Crippen LogP contribution in [-0.4, -0.2) is 43.9 Å². The molecule has 0 aromatic heterocycles. The fraction of sp³-hybridized carbons (Fsp3) is 0.625. The van der Waals surface area contributed by atoms with Crippen LogP contribution in [-0.2, 0) is 10.3 Å². The summed E-state index contributed by atoms with van der Waals surface area (Å²) in [7, 11) is 2.38. The van der Waals surface area contributed by atoms with Crippen LogP contribution in [0.25, 0.3) is 5.57 Å². The van der Waals surface area contributed by atoms with Crippen LogP contribution in [0.1, 0.15) is 70.4 Å². The highest BCUT2D eigenvalue weighted by atomic mass is 16.5. The number of amides is 1. The first-order valence-corrected chi connectivity index (χ1v) is 10.8. The molecule has 0 spiro atoms. The molecule has 1 aliphatic rings. The molecule has 2 rings (SSSR count). The summed E-state index contributed by atoms with van der Waals surface area (Å²) in [5, 5.41) is 2.99. The number of hydrogen-bond donors (Lipinski definition) is 1. The molecule has 4 nitrogen and oxygen atoms in total. The van der Waals surface area contributed by atoms with Gasteiger partial charge in [0.2, 0.25) is 0 Å². The van der Waals surface area contributed by atoms with Crippen LogP contribution in [0.15, 0.2) is 30.8 Å². The predicted octanol–water partition coefficient (Wildman–Crippen LogP) is 5.48. The van der Waals surface area contributed by atoms with Gasteiger partial charge in [0.05, 0.1) is 38.8 Å². The number of quaternary nitrogens is 1. The molecule has 1 heterocycles. The van der Waals surface area contributed by atoms with Crippen molar-refractivity contribution in [2.45, 2.75) is 64.8 Å². The highest BCUT2D eigenvalue weighted by Gasteiger charge is 2.26. The summed E-state index contributed by atoms with van der Waals surface area (Å²) in [6.07, 6.45) is 6.97. The minimum atomic E-state index is -0.489. The second-order valence-electron chi connectivity index (χ2n) is 9.16. The molecule has 156 valence electrons. The van der Waals surface area contributed by atoms with E-state index in [1.165, 1.54) is 49.8 Å². The van der Waals surface area contributed by atoms with Crippen molar-refractivity contribution >= 4 is 11.7 Å². The summed E-state index contributed by atoms with van der Waals surface area (Å²) in [5.74, 6) is 0. The van der Waals surface area contributed by atoms with E-state index in [1.54, 1.807) is 0 Å². The number of allylic oxidation sites excluding steroid dienone is 1. The molecule has 0 unspecified atom stereocenters. The Hall–Kier alpha value is -1.81. The summed E-state index contributed by atoms with van der Waals surface area (Å²) in [4.78, 5) is 12.2. The number of nitrogens with zero attached hydrogens (tertiary/aromatic N) is 1. The molecular formula is C24H39N2O2+. The van der Waals surface area contributed by atoms with E-state index in [1.807, 2.05) is 39.0 Å². The van der Waals surface area contributed by atoms with E-state index in [2.05, 4.69) is 25.0 Å². The van der Waals surface area contributed by atoms with Crippen molar-refractivity contribution in [3.8, 4) is 0 Å². The van der Waals surface area contributed by atoms with Gasteiger partial charge in [-0.2, -0.15) is 0 Å². The lowest BCUT2D eigenvalue weighted by Crippen LogP contribution is -2.41. The normalized spacial score (nSPS) is 16.0. The maximum atomic E-state index is 12.2. The lowest BCUT2D eigenvalue weighted by Gasteiger charge is -2.29. The van der Waals surface area contributed by atoms with Gasteiger partial charge in [0.25, 0.3) is 0 Å². The van der Waals surface area contributed by atoms with Crippen molar-refractivity contribution in [2.75, 3.05) is 33.3 Å². The summed E-state index contributed by atoms with van der Waals surface area (Å²) in [5.41, 5.74) is 2.66. The minimum absolute atomic E-state index is 0.346. The number of nitrogens with one attached hydrogen (secondary N) is 1. The van der Waals surface area contributed by atoms with Gasteiger partial charge in [-0.1, -0.05) is 30.4 Å². The van der Waals surface area contributed by atoms with Gasteiger partial charge in [-0.3, -0.25) is 0 Å². The van der Waals surface area contributed by atoms with Gasteiger partial charge in [0, 0.05) is 12.8 Å². The van der Waals surface area contributed by atoms with Crippen molar-refractivity contribution in [1.29, 1.82) is 0 Å². The van der Waals surface area contributed by atoms with E-state index in [0.29, 0.717) is 6.61 Å². The molecule has 0 bridgehead atoms. The van der Waals surface area contributed by atoms with Crippen molar-refractivity contribution < 1.29 is 14.0 Å². The SMILES string of the molecule is C=C(C)c1cccc(C(C)(C)NC(=O)OCCCCCC[N+]2(C)CCCC2)c1. The Balaban J connectivity index is 1.64. The Labute approximate surface area is 171 Å². The molecule has 1 fully saturated rings. The number of alkyl carbamates (subject to hydrolysis) is 1. The molecule has 1 aromatic rings. The highest BCUT2D eigenvalue weighted by Crippen LogP contribution is 2.23. The van der Waals surface area contributed by atoms with Crippen molar-refractivity contribution in [3.05, 3.63) is 42.0 Å². The Kier molecular flexibility index (Phi) is 8.11. The van der Waals surface area contributed by atoms with E-state index in [-0.39, 0.29) is 6.09 Å². The van der Waals surface area contributed by atoms with Gasteiger partial charge in [0.1, 0.15) is 0 Å². The average molecular weight is 388 g/mol. The van der Waals surface area contributed by atoms with Crippen LogP contribution in [0.3, 0.4) is 0 Å². The zero-order valence-corrected chi connectivity index (χ0v) is 18.4. The monoisotopic (exact) mass is 387 g/mol. The first kappa shape index (κ1) is 22.5. The Bertz CT molecular complexity index is 660. The van der Waals surface area contributed by atoms with Gasteiger partial charge in [-0.05, 0) is 63.6 Å². The van der Waals surface area contributed by atoms with Gasteiger partial charge >= 0.3 is 6.09 Å². The van der Waals surface area contributed by atoms with Crippen molar-refractivity contribution in [1.82, 2.24) is 5.32 Å². The van der Waals surface area contributed by atoms with Crippen molar-refractivity contribution in [3.63, 3.8) is 0 Å². The van der Waals surface area contributed by atoms with Crippen LogP contribution in [0.2, 0.25) is 0 Å². The number of carbonyl (C=O) groups excluding carboxylic acids is 1. The first-order chi connectivity index (χ1) is 13.2. The molecule has 0 aliphatic carbocycles. The van der Waals surface area contributed by atoms with E-state index in [0.717, 1.165) is 29.5 Å². The van der Waals surface area contributed by atoms with Crippen LogP contribution < -0.4 is 5.32 Å². The maximum Gasteiger partial charge on any atom is 0.407 e. The summed E-state index contributed by atoms with van der Waals surface area (Å²) >= 11 is 0.